The van der Waals surface area contributed by atoms with Gasteiger partial charge in [-0.1, -0.05) is 6.07 Å². The number of hydrogen-bond acceptors (Lipinski definition) is 5. The fraction of sp³-hybridized carbons (Fsp3) is 0.500. The maximum Gasteiger partial charge on any atom is 0.157 e. The van der Waals surface area contributed by atoms with Gasteiger partial charge in [0.2, 0.25) is 0 Å². The number of phenolic OH excluding ortho intramolecular Hbond substituents is 2. The van der Waals surface area contributed by atoms with Crippen LogP contribution in [-0.2, 0) is 16.4 Å². The molecule has 0 aromatic heterocycles. The maximum atomic E-state index is 11.3. The zero-order chi connectivity index (χ0) is 13.2. The molecule has 100 valence electrons. The average molecular weight is 271 g/mol. The zero-order valence-electron chi connectivity index (χ0n) is 9.96. The molecular weight excluding hydrogens is 254 g/mol. The van der Waals surface area contributed by atoms with E-state index in [2.05, 4.69) is 5.32 Å². The Morgan fingerprint density at radius 1 is 1.17 bits per heavy atom. The predicted molar refractivity (Wildman–Crippen MR) is 68.3 cm³/mol. The topological polar surface area (TPSA) is 86.6 Å². The molecule has 1 aromatic carbocycles. The van der Waals surface area contributed by atoms with Crippen LogP contribution in [0.15, 0.2) is 18.2 Å². The lowest BCUT2D eigenvalue weighted by Crippen LogP contribution is -2.37. The second kappa shape index (κ2) is 5.16. The molecule has 0 unspecified atom stereocenters. The number of rotatable bonds is 3. The van der Waals surface area contributed by atoms with Gasteiger partial charge in [0.15, 0.2) is 11.5 Å². The second-order valence-corrected chi connectivity index (χ2v) is 6.93. The van der Waals surface area contributed by atoms with E-state index in [1.807, 2.05) is 0 Å². The molecule has 0 spiro atoms. The van der Waals surface area contributed by atoms with Gasteiger partial charge in [0.1, 0.15) is 9.84 Å². The Kier molecular flexibility index (Phi) is 3.77. The van der Waals surface area contributed by atoms with Crippen molar-refractivity contribution in [2.45, 2.75) is 25.4 Å². The first-order valence-electron chi connectivity index (χ1n) is 5.91. The van der Waals surface area contributed by atoms with Crippen molar-refractivity contribution < 1.29 is 18.6 Å². The van der Waals surface area contributed by atoms with E-state index in [0.717, 1.165) is 5.56 Å². The van der Waals surface area contributed by atoms with E-state index in [9.17, 15) is 18.6 Å². The van der Waals surface area contributed by atoms with Gasteiger partial charge in [0.05, 0.1) is 11.5 Å². The number of hydrogen-bond donors (Lipinski definition) is 3. The summed E-state index contributed by atoms with van der Waals surface area (Å²) in [6.45, 7) is 0.554. The highest BCUT2D eigenvalue weighted by atomic mass is 32.2. The summed E-state index contributed by atoms with van der Waals surface area (Å²) in [6, 6.07) is 4.87. The van der Waals surface area contributed by atoms with Gasteiger partial charge in [-0.2, -0.15) is 0 Å². The van der Waals surface area contributed by atoms with E-state index in [0.29, 0.717) is 19.4 Å². The Balaban J connectivity index is 1.87. The van der Waals surface area contributed by atoms with Crippen molar-refractivity contribution in [2.75, 3.05) is 11.5 Å². The molecular formula is C12H17NO4S. The van der Waals surface area contributed by atoms with Crippen molar-refractivity contribution in [2.24, 2.45) is 0 Å². The quantitative estimate of drug-likeness (QED) is 0.707. The Morgan fingerprint density at radius 3 is 2.44 bits per heavy atom. The molecule has 1 aromatic rings. The maximum absolute atomic E-state index is 11.3. The molecule has 0 radical (unpaired) electrons. The minimum Gasteiger partial charge on any atom is -0.504 e. The number of sulfone groups is 1. The number of aromatic hydroxyl groups is 2. The van der Waals surface area contributed by atoms with Crippen molar-refractivity contribution in [1.82, 2.24) is 5.32 Å². The summed E-state index contributed by atoms with van der Waals surface area (Å²) in [5, 5.41) is 21.8. The molecule has 0 saturated carbocycles. The molecule has 0 bridgehead atoms. The Labute approximate surface area is 106 Å². The van der Waals surface area contributed by atoms with E-state index in [4.69, 9.17) is 0 Å². The van der Waals surface area contributed by atoms with E-state index in [1.54, 1.807) is 6.07 Å². The van der Waals surface area contributed by atoms with Gasteiger partial charge < -0.3 is 15.5 Å². The number of nitrogens with one attached hydrogen (secondary N) is 1. The smallest absolute Gasteiger partial charge is 0.157 e. The van der Waals surface area contributed by atoms with Crippen molar-refractivity contribution in [3.63, 3.8) is 0 Å². The first-order valence-corrected chi connectivity index (χ1v) is 7.73. The van der Waals surface area contributed by atoms with E-state index in [1.165, 1.54) is 12.1 Å². The molecule has 1 aliphatic heterocycles. The molecule has 0 aliphatic carbocycles. The second-order valence-electron chi connectivity index (χ2n) is 4.63. The SMILES string of the molecule is O=S1(=O)CCC(NCc2ccc(O)c(O)c2)CC1. The van der Waals surface area contributed by atoms with E-state index >= 15 is 0 Å². The first kappa shape index (κ1) is 13.2. The summed E-state index contributed by atoms with van der Waals surface area (Å²) in [5.74, 6) is 0.208. The van der Waals surface area contributed by atoms with E-state index in [-0.39, 0.29) is 29.0 Å². The monoisotopic (exact) mass is 271 g/mol. The van der Waals surface area contributed by atoms with Gasteiger partial charge >= 0.3 is 0 Å². The molecule has 18 heavy (non-hydrogen) atoms. The number of phenols is 2. The fourth-order valence-corrected chi connectivity index (χ4v) is 3.53. The predicted octanol–water partition coefficient (Wildman–Crippen LogP) is 0.765. The molecule has 3 N–H and O–H groups in total. The molecule has 1 aliphatic rings. The third-order valence-corrected chi connectivity index (χ3v) is 4.90. The van der Waals surface area contributed by atoms with Gasteiger partial charge in [0.25, 0.3) is 0 Å². The minimum absolute atomic E-state index is 0.137. The van der Waals surface area contributed by atoms with Crippen LogP contribution in [0.3, 0.4) is 0 Å². The molecule has 6 heteroatoms. The summed E-state index contributed by atoms with van der Waals surface area (Å²) in [6.07, 6.45) is 1.26. The van der Waals surface area contributed by atoms with Gasteiger partial charge in [0, 0.05) is 12.6 Å². The summed E-state index contributed by atoms with van der Waals surface area (Å²) in [5.41, 5.74) is 0.860. The van der Waals surface area contributed by atoms with Crippen molar-refractivity contribution >= 4 is 9.84 Å². The standard InChI is InChI=1S/C12H17NO4S/c14-11-2-1-9(7-12(11)15)8-13-10-3-5-18(16,17)6-4-10/h1-2,7,10,13-15H,3-6,8H2. The van der Waals surface area contributed by atoms with Crippen LogP contribution in [0.25, 0.3) is 0 Å². The average Bonchev–Trinajstić information content (AvgIpc) is 2.32. The summed E-state index contributed by atoms with van der Waals surface area (Å²) >= 11 is 0. The summed E-state index contributed by atoms with van der Waals surface area (Å²) in [4.78, 5) is 0. The Morgan fingerprint density at radius 2 is 1.83 bits per heavy atom. The fourth-order valence-electron chi connectivity index (χ4n) is 2.04. The Bertz CT molecular complexity index is 513. The van der Waals surface area contributed by atoms with Crippen molar-refractivity contribution in [1.29, 1.82) is 0 Å². The largest absolute Gasteiger partial charge is 0.504 e. The third kappa shape index (κ3) is 3.36. The van der Waals surface area contributed by atoms with Crippen molar-refractivity contribution in [3.8, 4) is 11.5 Å². The first-order chi connectivity index (χ1) is 8.46. The molecule has 1 saturated heterocycles. The summed E-state index contributed by atoms with van der Waals surface area (Å²) in [7, 11) is -2.82. The van der Waals surface area contributed by atoms with Crippen LogP contribution in [0, 0.1) is 0 Å². The minimum atomic E-state index is -2.82. The zero-order valence-corrected chi connectivity index (χ0v) is 10.8. The van der Waals surface area contributed by atoms with Gasteiger partial charge in [-0.3, -0.25) is 0 Å². The van der Waals surface area contributed by atoms with Gasteiger partial charge in [-0.15, -0.1) is 0 Å². The van der Waals surface area contributed by atoms with Crippen LogP contribution in [0.1, 0.15) is 18.4 Å². The highest BCUT2D eigenvalue weighted by Crippen LogP contribution is 2.25. The lowest BCUT2D eigenvalue weighted by atomic mass is 10.1. The third-order valence-electron chi connectivity index (χ3n) is 3.19. The normalized spacial score (nSPS) is 19.8. The van der Waals surface area contributed by atoms with Gasteiger partial charge in [-0.25, -0.2) is 8.42 Å². The highest BCUT2D eigenvalue weighted by molar-refractivity contribution is 7.91. The lowest BCUT2D eigenvalue weighted by molar-refractivity contribution is 0.402. The van der Waals surface area contributed by atoms with Crippen molar-refractivity contribution in [3.05, 3.63) is 23.8 Å². The number of benzene rings is 1. The molecule has 1 heterocycles. The highest BCUT2D eigenvalue weighted by Gasteiger charge is 2.22. The molecule has 2 rings (SSSR count). The molecule has 5 nitrogen and oxygen atoms in total. The van der Waals surface area contributed by atoms with Gasteiger partial charge in [-0.05, 0) is 30.5 Å². The molecule has 1 fully saturated rings. The van der Waals surface area contributed by atoms with Crippen LogP contribution in [0.4, 0.5) is 0 Å². The van der Waals surface area contributed by atoms with Crippen LogP contribution < -0.4 is 5.32 Å². The molecule has 0 atom stereocenters. The summed E-state index contributed by atoms with van der Waals surface area (Å²) < 4.78 is 22.5. The molecule has 0 amide bonds. The Hall–Kier alpha value is -1.27. The van der Waals surface area contributed by atoms with Crippen LogP contribution in [0.5, 0.6) is 11.5 Å². The lowest BCUT2D eigenvalue weighted by Gasteiger charge is -2.23. The van der Waals surface area contributed by atoms with Crippen LogP contribution >= 0.6 is 0 Å². The van der Waals surface area contributed by atoms with E-state index < -0.39 is 9.84 Å². The van der Waals surface area contributed by atoms with Crippen LogP contribution in [0.2, 0.25) is 0 Å². The van der Waals surface area contributed by atoms with Crippen LogP contribution in [-0.4, -0.2) is 36.2 Å².